The number of fused-ring (bicyclic) bond motifs is 2. The van der Waals surface area contributed by atoms with Crippen LogP contribution >= 0.6 is 22.9 Å². The van der Waals surface area contributed by atoms with Crippen molar-refractivity contribution in [3.63, 3.8) is 0 Å². The summed E-state index contributed by atoms with van der Waals surface area (Å²) in [6, 6.07) is 10.3. The van der Waals surface area contributed by atoms with Crippen molar-refractivity contribution < 1.29 is 19.1 Å². The molecule has 0 spiro atoms. The van der Waals surface area contributed by atoms with E-state index in [-0.39, 0.29) is 19.2 Å². The number of hydrogen-bond acceptors (Lipinski definition) is 7. The Bertz CT molecular complexity index is 1560. The minimum absolute atomic E-state index is 0.136. The Hall–Kier alpha value is -3.89. The second kappa shape index (κ2) is 9.05. The standard InChI is InChI=1S/C24H19ClN4O5S/c1-12-3-4-14(7-16(12)25)27-19(30)9-29-10-26-23-20(24(29)32)13(2)21(35-23)22(31)28-15-5-6-17-18(8-15)34-11-33-17/h3-8,10H,9,11H2,1-2H3,(H,27,30)(H,28,31). The third-order valence-corrected chi connectivity index (χ3v) is 7.13. The van der Waals surface area contributed by atoms with Crippen LogP contribution in [0.5, 0.6) is 11.5 Å². The SMILES string of the molecule is Cc1ccc(NC(=O)Cn2cnc3sc(C(=O)Nc4ccc5c(c4)OCO5)c(C)c3c2=O)cc1Cl. The molecule has 2 N–H and O–H groups in total. The summed E-state index contributed by atoms with van der Waals surface area (Å²) in [4.78, 5) is 43.7. The van der Waals surface area contributed by atoms with Gasteiger partial charge >= 0.3 is 0 Å². The first-order valence-electron chi connectivity index (χ1n) is 10.6. The van der Waals surface area contributed by atoms with Crippen LogP contribution in [0.15, 0.2) is 47.5 Å². The Labute approximate surface area is 208 Å². The average Bonchev–Trinajstić information content (AvgIpc) is 3.42. The molecule has 0 unspecified atom stereocenters. The van der Waals surface area contributed by atoms with Crippen LogP contribution in [0.25, 0.3) is 10.2 Å². The summed E-state index contributed by atoms with van der Waals surface area (Å²) in [5.74, 6) is 0.387. The molecular formula is C24H19ClN4O5S. The molecule has 178 valence electrons. The molecule has 11 heteroatoms. The molecule has 0 saturated heterocycles. The zero-order valence-corrected chi connectivity index (χ0v) is 20.2. The summed E-state index contributed by atoms with van der Waals surface area (Å²) in [5.41, 5.74) is 2.06. The molecular weight excluding hydrogens is 492 g/mol. The van der Waals surface area contributed by atoms with Crippen molar-refractivity contribution in [1.82, 2.24) is 9.55 Å². The molecule has 9 nitrogen and oxygen atoms in total. The van der Waals surface area contributed by atoms with Crippen molar-refractivity contribution in [2.75, 3.05) is 17.4 Å². The first-order chi connectivity index (χ1) is 16.8. The highest BCUT2D eigenvalue weighted by Crippen LogP contribution is 2.35. The van der Waals surface area contributed by atoms with E-state index < -0.39 is 11.5 Å². The van der Waals surface area contributed by atoms with Gasteiger partial charge < -0.3 is 20.1 Å². The summed E-state index contributed by atoms with van der Waals surface area (Å²) in [7, 11) is 0. The van der Waals surface area contributed by atoms with Crippen LogP contribution in [0.4, 0.5) is 11.4 Å². The number of thiophene rings is 1. The number of aryl methyl sites for hydroxylation is 2. The Morgan fingerprint density at radius 2 is 1.83 bits per heavy atom. The lowest BCUT2D eigenvalue weighted by Gasteiger charge is -2.08. The second-order valence-corrected chi connectivity index (χ2v) is 9.35. The predicted octanol–water partition coefficient (Wildman–Crippen LogP) is 4.35. The number of benzene rings is 2. The molecule has 1 aliphatic heterocycles. The molecule has 0 fully saturated rings. The van der Waals surface area contributed by atoms with E-state index in [2.05, 4.69) is 15.6 Å². The molecule has 5 rings (SSSR count). The smallest absolute Gasteiger partial charge is 0.266 e. The number of halogens is 1. The Morgan fingerprint density at radius 3 is 2.63 bits per heavy atom. The maximum Gasteiger partial charge on any atom is 0.266 e. The van der Waals surface area contributed by atoms with Crippen LogP contribution in [0.2, 0.25) is 5.02 Å². The van der Waals surface area contributed by atoms with Gasteiger partial charge in [0.1, 0.15) is 11.4 Å². The molecule has 2 aromatic carbocycles. The van der Waals surface area contributed by atoms with Crippen molar-refractivity contribution in [2.24, 2.45) is 0 Å². The molecule has 0 atom stereocenters. The third-order valence-electron chi connectivity index (χ3n) is 5.52. The van der Waals surface area contributed by atoms with Gasteiger partial charge in [-0.05, 0) is 49.2 Å². The van der Waals surface area contributed by atoms with Crippen LogP contribution in [0.1, 0.15) is 20.8 Å². The first-order valence-corrected chi connectivity index (χ1v) is 11.7. The van der Waals surface area contributed by atoms with Gasteiger partial charge in [-0.1, -0.05) is 17.7 Å². The van der Waals surface area contributed by atoms with E-state index in [0.717, 1.165) is 16.9 Å². The number of hydrogen-bond donors (Lipinski definition) is 2. The van der Waals surface area contributed by atoms with Crippen LogP contribution in [0.3, 0.4) is 0 Å². The molecule has 35 heavy (non-hydrogen) atoms. The van der Waals surface area contributed by atoms with Gasteiger partial charge in [0.15, 0.2) is 11.5 Å². The van der Waals surface area contributed by atoms with Crippen LogP contribution in [0, 0.1) is 13.8 Å². The van der Waals surface area contributed by atoms with Gasteiger partial charge in [0.25, 0.3) is 11.5 Å². The lowest BCUT2D eigenvalue weighted by atomic mass is 10.2. The number of anilines is 2. The van der Waals surface area contributed by atoms with Crippen molar-refractivity contribution >= 4 is 56.3 Å². The van der Waals surface area contributed by atoms with E-state index in [4.69, 9.17) is 21.1 Å². The number of nitrogens with zero attached hydrogens (tertiary/aromatic N) is 2. The molecule has 0 bridgehead atoms. The van der Waals surface area contributed by atoms with E-state index in [0.29, 0.717) is 48.6 Å². The Morgan fingerprint density at radius 1 is 1.09 bits per heavy atom. The summed E-state index contributed by atoms with van der Waals surface area (Å²) < 4.78 is 11.8. The number of ether oxygens (including phenoxy) is 2. The van der Waals surface area contributed by atoms with Crippen LogP contribution in [-0.4, -0.2) is 28.2 Å². The molecule has 2 amide bonds. The van der Waals surface area contributed by atoms with Gasteiger partial charge in [-0.3, -0.25) is 19.0 Å². The Kier molecular flexibility index (Phi) is 5.91. The highest BCUT2D eigenvalue weighted by molar-refractivity contribution is 7.20. The number of carbonyl (C=O) groups is 2. The van der Waals surface area contributed by atoms with Gasteiger partial charge in [-0.25, -0.2) is 4.98 Å². The lowest BCUT2D eigenvalue weighted by Crippen LogP contribution is -2.28. The van der Waals surface area contributed by atoms with Crippen LogP contribution < -0.4 is 25.7 Å². The van der Waals surface area contributed by atoms with Gasteiger partial charge in [0.05, 0.1) is 16.6 Å². The largest absolute Gasteiger partial charge is 0.454 e. The maximum absolute atomic E-state index is 13.1. The highest BCUT2D eigenvalue weighted by Gasteiger charge is 2.21. The summed E-state index contributed by atoms with van der Waals surface area (Å²) in [6.45, 7) is 3.45. The second-order valence-electron chi connectivity index (χ2n) is 7.95. The summed E-state index contributed by atoms with van der Waals surface area (Å²) >= 11 is 7.23. The number of nitrogens with one attached hydrogen (secondary N) is 2. The lowest BCUT2D eigenvalue weighted by molar-refractivity contribution is -0.116. The minimum Gasteiger partial charge on any atom is -0.454 e. The zero-order valence-electron chi connectivity index (χ0n) is 18.7. The summed E-state index contributed by atoms with van der Waals surface area (Å²) in [6.07, 6.45) is 1.31. The van der Waals surface area contributed by atoms with Crippen molar-refractivity contribution in [3.05, 3.63) is 74.1 Å². The van der Waals surface area contributed by atoms with E-state index in [1.165, 1.54) is 10.9 Å². The van der Waals surface area contributed by atoms with Gasteiger partial charge in [-0.15, -0.1) is 11.3 Å². The van der Waals surface area contributed by atoms with E-state index in [9.17, 15) is 14.4 Å². The van der Waals surface area contributed by atoms with Gasteiger partial charge in [0.2, 0.25) is 12.7 Å². The van der Waals surface area contributed by atoms with Gasteiger partial charge in [0, 0.05) is 22.5 Å². The molecule has 3 heterocycles. The van der Waals surface area contributed by atoms with E-state index in [1.54, 1.807) is 43.3 Å². The molecule has 2 aromatic heterocycles. The zero-order chi connectivity index (χ0) is 24.7. The first kappa shape index (κ1) is 22.9. The van der Waals surface area contributed by atoms with Crippen LogP contribution in [-0.2, 0) is 11.3 Å². The number of amides is 2. The maximum atomic E-state index is 13.1. The third kappa shape index (κ3) is 4.45. The highest BCUT2D eigenvalue weighted by atomic mass is 35.5. The monoisotopic (exact) mass is 510 g/mol. The number of aromatic nitrogens is 2. The fraction of sp³-hybridized carbons (Fsp3) is 0.167. The van der Waals surface area contributed by atoms with Crippen molar-refractivity contribution in [3.8, 4) is 11.5 Å². The number of rotatable bonds is 5. The van der Waals surface area contributed by atoms with E-state index >= 15 is 0 Å². The minimum atomic E-state index is -0.401. The quantitative estimate of drug-likeness (QED) is 0.413. The van der Waals surface area contributed by atoms with Crippen molar-refractivity contribution in [1.29, 1.82) is 0 Å². The fourth-order valence-corrected chi connectivity index (χ4v) is 4.89. The Balaban J connectivity index is 1.36. The average molecular weight is 511 g/mol. The number of carbonyl (C=O) groups excluding carboxylic acids is 2. The topological polar surface area (TPSA) is 112 Å². The molecule has 0 aliphatic carbocycles. The van der Waals surface area contributed by atoms with E-state index in [1.807, 2.05) is 6.92 Å². The predicted molar refractivity (Wildman–Crippen MR) is 134 cm³/mol. The summed E-state index contributed by atoms with van der Waals surface area (Å²) in [5, 5.41) is 6.38. The molecule has 4 aromatic rings. The normalized spacial score (nSPS) is 12.1. The molecule has 0 saturated carbocycles. The van der Waals surface area contributed by atoms with Gasteiger partial charge in [-0.2, -0.15) is 0 Å². The fourth-order valence-electron chi connectivity index (χ4n) is 3.68. The molecule has 1 aliphatic rings. The van der Waals surface area contributed by atoms with Crippen molar-refractivity contribution in [2.45, 2.75) is 20.4 Å². The molecule has 0 radical (unpaired) electrons.